The first kappa shape index (κ1) is 20.3. The molecule has 3 rings (SSSR count). The fourth-order valence-corrected chi connectivity index (χ4v) is 2.48. The Balaban J connectivity index is 0.00000243. The van der Waals surface area contributed by atoms with Crippen molar-refractivity contribution in [3.63, 3.8) is 0 Å². The van der Waals surface area contributed by atoms with Gasteiger partial charge in [0, 0.05) is 18.3 Å². The maximum atomic E-state index is 11.9. The van der Waals surface area contributed by atoms with E-state index in [2.05, 4.69) is 34.8 Å². The number of nitrogens with one attached hydrogen (secondary N) is 3. The van der Waals surface area contributed by atoms with Crippen molar-refractivity contribution in [1.29, 1.82) is 0 Å². The van der Waals surface area contributed by atoms with Crippen LogP contribution in [0.25, 0.3) is 0 Å². The van der Waals surface area contributed by atoms with Crippen LogP contribution in [-0.4, -0.2) is 24.5 Å². The average molecular weight is 468 g/mol. The number of hydrogen-bond donors (Lipinski definition) is 3. The third-order valence-electron chi connectivity index (χ3n) is 4.15. The average Bonchev–Trinajstić information content (AvgIpc) is 3.08. The van der Waals surface area contributed by atoms with Crippen LogP contribution in [0, 0.1) is 5.92 Å². The van der Waals surface area contributed by atoms with E-state index >= 15 is 0 Å². The molecule has 1 amide bonds. The van der Waals surface area contributed by atoms with E-state index < -0.39 is 0 Å². The summed E-state index contributed by atoms with van der Waals surface area (Å²) < 4.78 is 5.08. The van der Waals surface area contributed by atoms with E-state index in [0.717, 1.165) is 29.7 Å². The molecule has 140 valence electrons. The quantitative estimate of drug-likeness (QED) is 0.344. The fourth-order valence-electron chi connectivity index (χ4n) is 2.48. The van der Waals surface area contributed by atoms with Gasteiger partial charge in [-0.3, -0.25) is 4.79 Å². The minimum atomic E-state index is -0.257. The van der Waals surface area contributed by atoms with Gasteiger partial charge in [0.1, 0.15) is 0 Å². The van der Waals surface area contributed by atoms with E-state index in [0.29, 0.717) is 18.3 Å². The van der Waals surface area contributed by atoms with E-state index in [1.807, 2.05) is 24.3 Å². The van der Waals surface area contributed by atoms with E-state index in [1.54, 1.807) is 12.1 Å². The van der Waals surface area contributed by atoms with Crippen LogP contribution >= 0.6 is 24.0 Å². The first-order valence-corrected chi connectivity index (χ1v) is 8.64. The summed E-state index contributed by atoms with van der Waals surface area (Å²) in [5.41, 5.74) is 1.81. The van der Waals surface area contributed by atoms with Crippen molar-refractivity contribution in [1.82, 2.24) is 10.6 Å². The second-order valence-electron chi connectivity index (χ2n) is 6.29. The zero-order valence-electron chi connectivity index (χ0n) is 15.0. The molecule has 2 aromatic rings. The Kier molecular flexibility index (Phi) is 7.50. The van der Waals surface area contributed by atoms with E-state index in [4.69, 9.17) is 4.42 Å². The van der Waals surface area contributed by atoms with Gasteiger partial charge >= 0.3 is 0 Å². The lowest BCUT2D eigenvalue weighted by Crippen LogP contribution is -2.39. The lowest BCUT2D eigenvalue weighted by molar-refractivity contribution is 0.0996. The Morgan fingerprint density at radius 2 is 2.00 bits per heavy atom. The summed E-state index contributed by atoms with van der Waals surface area (Å²) in [6.07, 6.45) is 2.68. The first-order valence-electron chi connectivity index (χ1n) is 8.64. The van der Waals surface area contributed by atoms with Gasteiger partial charge in [-0.1, -0.05) is 19.1 Å². The lowest BCUT2D eigenvalue weighted by atomic mass is 10.2. The van der Waals surface area contributed by atoms with Gasteiger partial charge in [0.15, 0.2) is 11.7 Å². The van der Waals surface area contributed by atoms with Gasteiger partial charge in [0.2, 0.25) is 0 Å². The highest BCUT2D eigenvalue weighted by molar-refractivity contribution is 14.0. The van der Waals surface area contributed by atoms with Gasteiger partial charge in [-0.15, -0.1) is 24.0 Å². The van der Waals surface area contributed by atoms with Gasteiger partial charge in [0.25, 0.3) is 5.91 Å². The third kappa shape index (κ3) is 5.76. The molecule has 0 saturated heterocycles. The molecule has 1 aromatic carbocycles. The summed E-state index contributed by atoms with van der Waals surface area (Å²) in [5, 5.41) is 9.51. The second-order valence-corrected chi connectivity index (χ2v) is 6.29. The molecule has 2 atom stereocenters. The van der Waals surface area contributed by atoms with Crippen LogP contribution in [0.15, 0.2) is 52.1 Å². The van der Waals surface area contributed by atoms with Crippen LogP contribution in [0.5, 0.6) is 0 Å². The number of nitrogens with zero attached hydrogens (tertiary/aromatic N) is 1. The number of aliphatic imine (C=N–C) groups is 1. The summed E-state index contributed by atoms with van der Waals surface area (Å²) >= 11 is 0. The number of halogens is 1. The Morgan fingerprint density at radius 3 is 2.58 bits per heavy atom. The second kappa shape index (κ2) is 9.61. The van der Waals surface area contributed by atoms with Gasteiger partial charge in [-0.25, -0.2) is 4.99 Å². The fraction of sp³-hybridized carbons (Fsp3) is 0.368. The number of hydrogen-bond acceptors (Lipinski definition) is 3. The largest absolute Gasteiger partial charge is 0.459 e. The number of amides is 1. The molecule has 0 aliphatic heterocycles. The number of furan rings is 1. The number of carbonyl (C=O) groups is 1. The first-order chi connectivity index (χ1) is 12.2. The van der Waals surface area contributed by atoms with Crippen molar-refractivity contribution in [2.24, 2.45) is 10.9 Å². The summed E-state index contributed by atoms with van der Waals surface area (Å²) in [6.45, 7) is 5.72. The summed E-state index contributed by atoms with van der Waals surface area (Å²) in [7, 11) is 0. The minimum absolute atomic E-state index is 0. The van der Waals surface area contributed by atoms with Gasteiger partial charge in [-0.05, 0) is 49.1 Å². The molecular formula is C19H25IN4O2. The highest BCUT2D eigenvalue weighted by atomic mass is 127. The molecule has 6 nitrogen and oxygen atoms in total. The minimum Gasteiger partial charge on any atom is -0.459 e. The van der Waals surface area contributed by atoms with Crippen molar-refractivity contribution < 1.29 is 9.21 Å². The predicted octanol–water partition coefficient (Wildman–Crippen LogP) is 3.61. The van der Waals surface area contributed by atoms with Gasteiger partial charge < -0.3 is 20.4 Å². The molecular weight excluding hydrogens is 443 g/mol. The van der Waals surface area contributed by atoms with Crippen molar-refractivity contribution in [3.05, 3.63) is 54.0 Å². The van der Waals surface area contributed by atoms with E-state index in [1.165, 1.54) is 12.7 Å². The lowest BCUT2D eigenvalue weighted by Gasteiger charge is -2.11. The molecule has 1 aromatic heterocycles. The van der Waals surface area contributed by atoms with Crippen molar-refractivity contribution >= 4 is 41.5 Å². The summed E-state index contributed by atoms with van der Waals surface area (Å²) in [4.78, 5) is 16.6. The summed E-state index contributed by atoms with van der Waals surface area (Å²) in [5.74, 6) is 1.62. The molecule has 0 spiro atoms. The number of benzene rings is 1. The smallest absolute Gasteiger partial charge is 0.291 e. The van der Waals surface area contributed by atoms with Crippen LogP contribution in [0.3, 0.4) is 0 Å². The third-order valence-corrected chi connectivity index (χ3v) is 4.15. The number of rotatable bonds is 6. The van der Waals surface area contributed by atoms with E-state index in [-0.39, 0.29) is 29.9 Å². The molecule has 0 radical (unpaired) electrons. The predicted molar refractivity (Wildman–Crippen MR) is 114 cm³/mol. The normalized spacial score (nSPS) is 18.6. The van der Waals surface area contributed by atoms with Crippen molar-refractivity contribution in [2.45, 2.75) is 32.9 Å². The van der Waals surface area contributed by atoms with Crippen LogP contribution in [0.2, 0.25) is 0 Å². The molecule has 26 heavy (non-hydrogen) atoms. The molecule has 1 aliphatic rings. The highest BCUT2D eigenvalue weighted by Crippen LogP contribution is 2.28. The maximum absolute atomic E-state index is 11.9. The van der Waals surface area contributed by atoms with Crippen molar-refractivity contribution in [2.75, 3.05) is 11.9 Å². The van der Waals surface area contributed by atoms with Crippen molar-refractivity contribution in [3.8, 4) is 0 Å². The molecule has 0 bridgehead atoms. The van der Waals surface area contributed by atoms with Gasteiger partial charge in [0.05, 0.1) is 12.8 Å². The number of carbonyl (C=O) groups excluding carboxylic acids is 1. The zero-order chi connectivity index (χ0) is 17.6. The molecule has 1 heterocycles. The molecule has 1 saturated carbocycles. The Hall–Kier alpha value is -2.03. The Morgan fingerprint density at radius 1 is 1.27 bits per heavy atom. The van der Waals surface area contributed by atoms with Crippen LogP contribution in [0.4, 0.5) is 5.69 Å². The molecule has 1 fully saturated rings. The number of anilines is 1. The van der Waals surface area contributed by atoms with Gasteiger partial charge in [-0.2, -0.15) is 0 Å². The zero-order valence-corrected chi connectivity index (χ0v) is 17.3. The maximum Gasteiger partial charge on any atom is 0.291 e. The molecule has 7 heteroatoms. The number of guanidine groups is 1. The molecule has 3 N–H and O–H groups in total. The topological polar surface area (TPSA) is 78.7 Å². The van der Waals surface area contributed by atoms with Crippen LogP contribution in [-0.2, 0) is 6.54 Å². The Labute approximate surface area is 170 Å². The SMILES string of the molecule is CCNC(=NCc1ccc(NC(=O)c2ccco2)cc1)NC1CC1C.I. The Bertz CT molecular complexity index is 729. The standard InChI is InChI=1S/C19H24N4O2.HI/c1-3-20-19(23-16-11-13(16)2)21-12-14-6-8-15(9-7-14)22-18(24)17-5-4-10-25-17;/h4-10,13,16H,3,11-12H2,1-2H3,(H,22,24)(H2,20,21,23);1H. The highest BCUT2D eigenvalue weighted by Gasteiger charge is 2.33. The van der Waals surface area contributed by atoms with E-state index in [9.17, 15) is 4.79 Å². The molecule has 1 aliphatic carbocycles. The van der Waals surface area contributed by atoms with Crippen LogP contribution < -0.4 is 16.0 Å². The summed E-state index contributed by atoms with van der Waals surface area (Å²) in [6, 6.07) is 11.5. The van der Waals surface area contributed by atoms with Crippen LogP contribution in [0.1, 0.15) is 36.4 Å². The monoisotopic (exact) mass is 468 g/mol. The molecule has 2 unspecified atom stereocenters.